The van der Waals surface area contributed by atoms with Gasteiger partial charge < -0.3 is 20.3 Å². The number of hydrogen-bond acceptors (Lipinski definition) is 4. The van der Waals surface area contributed by atoms with Crippen LogP contribution in [-0.2, 0) is 4.79 Å². The molecule has 0 aliphatic rings. The van der Waals surface area contributed by atoms with Crippen molar-refractivity contribution in [1.82, 2.24) is 0 Å². The first kappa shape index (κ1) is 19.4. The molecule has 25 heavy (non-hydrogen) atoms. The number of hydrogen-bond donors (Lipinski definition) is 1. The topological polar surface area (TPSA) is 58.8 Å². The van der Waals surface area contributed by atoms with Crippen LogP contribution in [-0.4, -0.2) is 39.7 Å². The maximum atomic E-state index is 12.7. The predicted molar refractivity (Wildman–Crippen MR) is 104 cm³/mol. The number of likely N-dealkylation sites (N-methyl/N-ethyl adjacent to an activating group) is 1. The Balaban J connectivity index is 2.17. The first-order valence-electron chi connectivity index (χ1n) is 7.77. The summed E-state index contributed by atoms with van der Waals surface area (Å²) in [6, 6.07) is 12.4. The van der Waals surface area contributed by atoms with Crippen LogP contribution in [0.25, 0.3) is 0 Å². The van der Waals surface area contributed by atoms with Gasteiger partial charge in [0.2, 0.25) is 5.91 Å². The van der Waals surface area contributed by atoms with Crippen LogP contribution in [0.15, 0.2) is 42.5 Å². The number of carbonyl (C=O) groups is 1. The highest BCUT2D eigenvalue weighted by molar-refractivity contribution is 6.35. The van der Waals surface area contributed by atoms with Crippen molar-refractivity contribution in [1.29, 1.82) is 0 Å². The molecule has 0 unspecified atom stereocenters. The average Bonchev–Trinajstić information content (AvgIpc) is 2.62. The molecule has 0 fully saturated rings. The van der Waals surface area contributed by atoms with E-state index in [9.17, 15) is 4.79 Å². The van der Waals surface area contributed by atoms with Crippen LogP contribution < -0.4 is 20.3 Å². The molecule has 7 heteroatoms. The lowest BCUT2D eigenvalue weighted by Crippen LogP contribution is -2.40. The second-order valence-corrected chi connectivity index (χ2v) is 6.30. The molecule has 0 saturated heterocycles. The van der Waals surface area contributed by atoms with Gasteiger partial charge in [-0.15, -0.1) is 0 Å². The third-order valence-corrected chi connectivity index (χ3v) is 4.36. The normalized spacial score (nSPS) is 10.4. The zero-order chi connectivity index (χ0) is 18.4. The van der Waals surface area contributed by atoms with Gasteiger partial charge in [-0.1, -0.05) is 23.2 Å². The molecule has 2 N–H and O–H groups in total. The van der Waals surface area contributed by atoms with Crippen molar-refractivity contribution < 1.29 is 9.53 Å². The standard InChI is InChI=1S/C18H21Cl2N3O2/c1-22(14-4-6-15(25-2)7-5-14)18(24)12-23(10-9-21)17-11-13(19)3-8-16(17)20/h3-8,11H,9-10,12,21H2,1-2H3. The summed E-state index contributed by atoms with van der Waals surface area (Å²) in [6.45, 7) is 1.02. The van der Waals surface area contributed by atoms with E-state index in [0.29, 0.717) is 28.8 Å². The molecule has 2 aromatic carbocycles. The molecule has 0 saturated carbocycles. The summed E-state index contributed by atoms with van der Waals surface area (Å²) >= 11 is 12.3. The summed E-state index contributed by atoms with van der Waals surface area (Å²) in [5.74, 6) is 0.648. The van der Waals surface area contributed by atoms with Gasteiger partial charge in [0.1, 0.15) is 5.75 Å². The van der Waals surface area contributed by atoms with Gasteiger partial charge in [0.05, 0.1) is 24.4 Å². The van der Waals surface area contributed by atoms with Crippen molar-refractivity contribution in [2.45, 2.75) is 0 Å². The lowest BCUT2D eigenvalue weighted by Gasteiger charge is -2.27. The van der Waals surface area contributed by atoms with Crippen LogP contribution in [0.3, 0.4) is 0 Å². The first-order chi connectivity index (χ1) is 12.0. The molecule has 134 valence electrons. The highest BCUT2D eigenvalue weighted by Gasteiger charge is 2.18. The van der Waals surface area contributed by atoms with Crippen molar-refractivity contribution in [3.8, 4) is 5.75 Å². The van der Waals surface area contributed by atoms with E-state index in [2.05, 4.69) is 0 Å². The Kier molecular flexibility index (Phi) is 6.93. The number of amides is 1. The number of methoxy groups -OCH3 is 1. The molecular weight excluding hydrogens is 361 g/mol. The van der Waals surface area contributed by atoms with Crippen molar-refractivity contribution >= 4 is 40.5 Å². The fraction of sp³-hybridized carbons (Fsp3) is 0.278. The Morgan fingerprint density at radius 3 is 2.44 bits per heavy atom. The second kappa shape index (κ2) is 8.94. The monoisotopic (exact) mass is 381 g/mol. The minimum absolute atomic E-state index is 0.0883. The van der Waals surface area contributed by atoms with Gasteiger partial charge in [0.15, 0.2) is 0 Å². The van der Waals surface area contributed by atoms with Gasteiger partial charge in [-0.05, 0) is 42.5 Å². The molecule has 0 aliphatic heterocycles. The highest BCUT2D eigenvalue weighted by atomic mass is 35.5. The third kappa shape index (κ3) is 5.01. The predicted octanol–water partition coefficient (Wildman–Crippen LogP) is 3.43. The molecule has 0 atom stereocenters. The number of nitrogens with two attached hydrogens (primary N) is 1. The molecule has 0 aromatic heterocycles. The lowest BCUT2D eigenvalue weighted by atomic mass is 10.2. The van der Waals surface area contributed by atoms with E-state index in [1.165, 1.54) is 0 Å². The Bertz CT molecular complexity index is 723. The zero-order valence-electron chi connectivity index (χ0n) is 14.2. The Morgan fingerprint density at radius 2 is 1.84 bits per heavy atom. The van der Waals surface area contributed by atoms with E-state index < -0.39 is 0 Å². The quantitative estimate of drug-likeness (QED) is 0.797. The van der Waals surface area contributed by atoms with Crippen molar-refractivity contribution in [2.75, 3.05) is 43.6 Å². The number of nitrogens with zero attached hydrogens (tertiary/aromatic N) is 2. The third-order valence-electron chi connectivity index (χ3n) is 3.81. The molecule has 0 bridgehead atoms. The number of rotatable bonds is 7. The lowest BCUT2D eigenvalue weighted by molar-refractivity contribution is -0.117. The summed E-state index contributed by atoms with van der Waals surface area (Å²) in [5, 5.41) is 1.08. The molecular formula is C18H21Cl2N3O2. The number of halogens is 2. The van der Waals surface area contributed by atoms with Crippen LogP contribution in [0.2, 0.25) is 10.0 Å². The number of anilines is 2. The fourth-order valence-corrected chi connectivity index (χ4v) is 2.79. The van der Waals surface area contributed by atoms with Gasteiger partial charge in [-0.2, -0.15) is 0 Å². The summed E-state index contributed by atoms with van der Waals surface area (Å²) in [5.41, 5.74) is 7.16. The van der Waals surface area contributed by atoms with E-state index in [4.69, 9.17) is 33.7 Å². The summed E-state index contributed by atoms with van der Waals surface area (Å²) in [4.78, 5) is 16.1. The molecule has 2 rings (SSSR count). The Labute approximate surface area is 157 Å². The van der Waals surface area contributed by atoms with Crippen LogP contribution in [0.1, 0.15) is 0 Å². The number of ether oxygens (including phenoxy) is 1. The van der Waals surface area contributed by atoms with E-state index in [-0.39, 0.29) is 12.5 Å². The largest absolute Gasteiger partial charge is 0.497 e. The summed E-state index contributed by atoms with van der Waals surface area (Å²) in [7, 11) is 3.33. The van der Waals surface area contributed by atoms with Crippen LogP contribution in [0.4, 0.5) is 11.4 Å². The highest BCUT2D eigenvalue weighted by Crippen LogP contribution is 2.29. The smallest absolute Gasteiger partial charge is 0.246 e. The number of carbonyl (C=O) groups excluding carboxylic acids is 1. The minimum atomic E-state index is -0.0883. The van der Waals surface area contributed by atoms with Crippen molar-refractivity contribution in [3.05, 3.63) is 52.5 Å². The summed E-state index contributed by atoms with van der Waals surface area (Å²) < 4.78 is 5.14. The average molecular weight is 382 g/mol. The molecule has 2 aromatic rings. The van der Waals surface area contributed by atoms with Gasteiger partial charge in [-0.3, -0.25) is 4.79 Å². The second-order valence-electron chi connectivity index (χ2n) is 5.46. The summed E-state index contributed by atoms with van der Waals surface area (Å²) in [6.07, 6.45) is 0. The fourth-order valence-electron chi connectivity index (χ4n) is 2.39. The van der Waals surface area contributed by atoms with Gasteiger partial charge in [-0.25, -0.2) is 0 Å². The Hall–Kier alpha value is -1.95. The van der Waals surface area contributed by atoms with Gasteiger partial charge >= 0.3 is 0 Å². The van der Waals surface area contributed by atoms with Crippen LogP contribution in [0.5, 0.6) is 5.75 Å². The van der Waals surface area contributed by atoms with Crippen LogP contribution in [0, 0.1) is 0 Å². The maximum Gasteiger partial charge on any atom is 0.246 e. The van der Waals surface area contributed by atoms with E-state index in [1.54, 1.807) is 37.3 Å². The first-order valence-corrected chi connectivity index (χ1v) is 8.52. The van der Waals surface area contributed by atoms with E-state index in [0.717, 1.165) is 11.4 Å². The zero-order valence-corrected chi connectivity index (χ0v) is 15.7. The minimum Gasteiger partial charge on any atom is -0.497 e. The SMILES string of the molecule is COc1ccc(N(C)C(=O)CN(CCN)c2cc(Cl)ccc2Cl)cc1. The van der Waals surface area contributed by atoms with Crippen molar-refractivity contribution in [3.63, 3.8) is 0 Å². The van der Waals surface area contributed by atoms with Gasteiger partial charge in [0.25, 0.3) is 0 Å². The molecule has 0 heterocycles. The van der Waals surface area contributed by atoms with Gasteiger partial charge in [0, 0.05) is 30.8 Å². The molecule has 1 amide bonds. The molecule has 0 aliphatic carbocycles. The molecule has 0 spiro atoms. The molecule has 5 nitrogen and oxygen atoms in total. The van der Waals surface area contributed by atoms with E-state index in [1.807, 2.05) is 29.2 Å². The Morgan fingerprint density at radius 1 is 1.16 bits per heavy atom. The van der Waals surface area contributed by atoms with Crippen molar-refractivity contribution in [2.24, 2.45) is 5.73 Å². The maximum absolute atomic E-state index is 12.7. The van der Waals surface area contributed by atoms with E-state index >= 15 is 0 Å². The van der Waals surface area contributed by atoms with Crippen LogP contribution >= 0.6 is 23.2 Å². The molecule has 0 radical (unpaired) electrons. The number of benzene rings is 2.